The van der Waals surface area contributed by atoms with E-state index in [1.807, 2.05) is 14.1 Å². The monoisotopic (exact) mass is 287 g/mol. The van der Waals surface area contributed by atoms with Gasteiger partial charge in [0.05, 0.1) is 0 Å². The molecule has 1 fully saturated rings. The predicted molar refractivity (Wildman–Crippen MR) is 74.5 cm³/mol. The van der Waals surface area contributed by atoms with E-state index in [-0.39, 0.29) is 18.6 Å². The number of carboxylic acid groups (broad SMARTS) is 1. The number of likely N-dealkylation sites (N-methyl/N-ethyl adjacent to an activating group) is 1. The maximum Gasteiger partial charge on any atom is 0.326 e. The summed E-state index contributed by atoms with van der Waals surface area (Å²) in [5, 5.41) is 22.8. The molecule has 7 nitrogen and oxygen atoms in total. The number of rotatable bonds is 7. The summed E-state index contributed by atoms with van der Waals surface area (Å²) in [6.07, 6.45) is 4.34. The smallest absolute Gasteiger partial charge is 0.326 e. The van der Waals surface area contributed by atoms with Crippen LogP contribution in [0.25, 0.3) is 0 Å². The number of carbonyl (C=O) groups is 2. The first-order valence-electron chi connectivity index (χ1n) is 6.97. The second-order valence-electron chi connectivity index (χ2n) is 5.56. The second kappa shape index (κ2) is 7.44. The molecular weight excluding hydrogens is 262 g/mol. The number of aliphatic carboxylic acids is 1. The number of hydrogen-bond acceptors (Lipinski definition) is 4. The number of amides is 2. The van der Waals surface area contributed by atoms with Crippen molar-refractivity contribution in [3.63, 3.8) is 0 Å². The third-order valence-corrected chi connectivity index (χ3v) is 4.08. The van der Waals surface area contributed by atoms with E-state index >= 15 is 0 Å². The van der Waals surface area contributed by atoms with Gasteiger partial charge < -0.3 is 25.7 Å². The molecule has 0 aromatic rings. The Morgan fingerprint density at radius 3 is 2.35 bits per heavy atom. The van der Waals surface area contributed by atoms with Crippen LogP contribution < -0.4 is 10.6 Å². The number of carbonyl (C=O) groups excluding carboxylic acids is 1. The third kappa shape index (κ3) is 4.35. The molecule has 0 saturated heterocycles. The topological polar surface area (TPSA) is 102 Å². The summed E-state index contributed by atoms with van der Waals surface area (Å²) >= 11 is 0. The SMILES string of the molecule is CN(C)C1(CNC(=O)N[C@H](CCO)C(=O)O)CCCC1. The molecule has 116 valence electrons. The molecule has 0 heterocycles. The standard InChI is InChI=1S/C13H25N3O4/c1-16(2)13(6-3-4-7-13)9-14-12(20)15-10(5-8-17)11(18)19/h10,17H,3-9H2,1-2H3,(H,18,19)(H2,14,15,20)/t10-/m1/s1. The van der Waals surface area contributed by atoms with Crippen molar-refractivity contribution >= 4 is 12.0 Å². The van der Waals surface area contributed by atoms with E-state index in [1.165, 1.54) is 0 Å². The average Bonchev–Trinajstić information content (AvgIpc) is 2.86. The van der Waals surface area contributed by atoms with Gasteiger partial charge in [-0.3, -0.25) is 0 Å². The highest BCUT2D eigenvalue weighted by Gasteiger charge is 2.36. The molecule has 2 amide bonds. The number of carboxylic acids is 1. The molecule has 0 radical (unpaired) electrons. The number of nitrogens with zero attached hydrogens (tertiary/aromatic N) is 1. The molecule has 0 spiro atoms. The van der Waals surface area contributed by atoms with Gasteiger partial charge >= 0.3 is 12.0 Å². The molecule has 20 heavy (non-hydrogen) atoms. The second-order valence-corrected chi connectivity index (χ2v) is 5.56. The van der Waals surface area contributed by atoms with Crippen LogP contribution in [0.4, 0.5) is 4.79 Å². The van der Waals surface area contributed by atoms with Crippen LogP contribution in [0.5, 0.6) is 0 Å². The molecule has 1 rings (SSSR count). The first kappa shape index (κ1) is 16.7. The minimum absolute atomic E-state index is 0.00156. The van der Waals surface area contributed by atoms with E-state index < -0.39 is 18.0 Å². The maximum atomic E-state index is 11.8. The van der Waals surface area contributed by atoms with Crippen LogP contribution in [0.15, 0.2) is 0 Å². The highest BCUT2D eigenvalue weighted by atomic mass is 16.4. The number of urea groups is 1. The van der Waals surface area contributed by atoms with Crippen LogP contribution >= 0.6 is 0 Å². The van der Waals surface area contributed by atoms with Gasteiger partial charge in [-0.15, -0.1) is 0 Å². The van der Waals surface area contributed by atoms with Crippen molar-refractivity contribution in [1.82, 2.24) is 15.5 Å². The molecule has 7 heteroatoms. The zero-order chi connectivity index (χ0) is 15.2. The van der Waals surface area contributed by atoms with Crippen LogP contribution in [0.1, 0.15) is 32.1 Å². The Morgan fingerprint density at radius 2 is 1.90 bits per heavy atom. The Labute approximate surface area is 119 Å². The molecule has 0 aliphatic heterocycles. The average molecular weight is 287 g/mol. The van der Waals surface area contributed by atoms with Crippen molar-refractivity contribution in [2.24, 2.45) is 0 Å². The Morgan fingerprint density at radius 1 is 1.30 bits per heavy atom. The van der Waals surface area contributed by atoms with E-state index in [1.54, 1.807) is 0 Å². The van der Waals surface area contributed by atoms with Crippen LogP contribution in [0.3, 0.4) is 0 Å². The van der Waals surface area contributed by atoms with Crippen LogP contribution in [-0.2, 0) is 4.79 Å². The molecule has 0 aromatic heterocycles. The minimum atomic E-state index is -1.14. The molecule has 1 aliphatic carbocycles. The van der Waals surface area contributed by atoms with Crippen molar-refractivity contribution in [2.45, 2.75) is 43.7 Å². The summed E-state index contributed by atoms with van der Waals surface area (Å²) in [6, 6.07) is -1.56. The number of aliphatic hydroxyl groups is 1. The van der Waals surface area contributed by atoms with Crippen LogP contribution in [0.2, 0.25) is 0 Å². The summed E-state index contributed by atoms with van der Waals surface area (Å²) in [6.45, 7) is 0.218. The molecule has 0 aromatic carbocycles. The Bertz CT molecular complexity index is 341. The van der Waals surface area contributed by atoms with Gasteiger partial charge in [0.2, 0.25) is 0 Å². The van der Waals surface area contributed by atoms with Gasteiger partial charge in [-0.05, 0) is 26.9 Å². The lowest BCUT2D eigenvalue weighted by Crippen LogP contribution is -2.54. The van der Waals surface area contributed by atoms with Gasteiger partial charge in [-0.1, -0.05) is 12.8 Å². The normalized spacial score (nSPS) is 18.8. The third-order valence-electron chi connectivity index (χ3n) is 4.08. The predicted octanol–water partition coefficient (Wildman–Crippen LogP) is -0.00440. The van der Waals surface area contributed by atoms with Gasteiger partial charge in [0.15, 0.2) is 0 Å². The molecule has 0 bridgehead atoms. The Hall–Kier alpha value is -1.34. The molecule has 1 aliphatic rings. The highest BCUT2D eigenvalue weighted by molar-refractivity contribution is 5.82. The largest absolute Gasteiger partial charge is 0.480 e. The van der Waals surface area contributed by atoms with Crippen molar-refractivity contribution in [3.8, 4) is 0 Å². The van der Waals surface area contributed by atoms with Crippen LogP contribution in [-0.4, -0.2) is 65.9 Å². The number of nitrogens with one attached hydrogen (secondary N) is 2. The van der Waals surface area contributed by atoms with Gasteiger partial charge in [-0.2, -0.15) is 0 Å². The van der Waals surface area contributed by atoms with Gasteiger partial charge in [0.1, 0.15) is 6.04 Å². The lowest BCUT2D eigenvalue weighted by molar-refractivity contribution is -0.139. The van der Waals surface area contributed by atoms with E-state index in [0.29, 0.717) is 6.54 Å². The number of hydrogen-bond donors (Lipinski definition) is 4. The first-order chi connectivity index (χ1) is 9.41. The first-order valence-corrected chi connectivity index (χ1v) is 6.97. The van der Waals surface area contributed by atoms with E-state index in [9.17, 15) is 9.59 Å². The molecule has 0 unspecified atom stereocenters. The molecule has 1 saturated carbocycles. The van der Waals surface area contributed by atoms with Crippen molar-refractivity contribution < 1.29 is 19.8 Å². The zero-order valence-corrected chi connectivity index (χ0v) is 12.2. The lowest BCUT2D eigenvalue weighted by atomic mass is 9.96. The van der Waals surface area contributed by atoms with Gasteiger partial charge in [0.25, 0.3) is 0 Å². The van der Waals surface area contributed by atoms with Crippen LogP contribution in [0, 0.1) is 0 Å². The minimum Gasteiger partial charge on any atom is -0.480 e. The number of aliphatic hydroxyl groups excluding tert-OH is 1. The summed E-state index contributed by atoms with van der Waals surface area (Å²) in [4.78, 5) is 24.8. The summed E-state index contributed by atoms with van der Waals surface area (Å²) in [5.41, 5.74) is -0.0347. The van der Waals surface area contributed by atoms with Gasteiger partial charge in [-0.25, -0.2) is 9.59 Å². The summed E-state index contributed by atoms with van der Waals surface area (Å²) in [7, 11) is 3.99. The van der Waals surface area contributed by atoms with E-state index in [0.717, 1.165) is 25.7 Å². The van der Waals surface area contributed by atoms with E-state index in [2.05, 4.69) is 15.5 Å². The Kier molecular flexibility index (Phi) is 6.22. The zero-order valence-electron chi connectivity index (χ0n) is 12.2. The lowest BCUT2D eigenvalue weighted by Gasteiger charge is -2.36. The fourth-order valence-electron chi connectivity index (χ4n) is 2.66. The Balaban J connectivity index is 2.47. The fourth-order valence-corrected chi connectivity index (χ4v) is 2.66. The fraction of sp³-hybridized carbons (Fsp3) is 0.846. The quantitative estimate of drug-likeness (QED) is 0.528. The van der Waals surface area contributed by atoms with Crippen molar-refractivity contribution in [1.29, 1.82) is 0 Å². The van der Waals surface area contributed by atoms with Crippen molar-refractivity contribution in [3.05, 3.63) is 0 Å². The van der Waals surface area contributed by atoms with Gasteiger partial charge in [0, 0.05) is 25.1 Å². The van der Waals surface area contributed by atoms with Crippen molar-refractivity contribution in [2.75, 3.05) is 27.2 Å². The van der Waals surface area contributed by atoms with E-state index in [4.69, 9.17) is 10.2 Å². The highest BCUT2D eigenvalue weighted by Crippen LogP contribution is 2.32. The molecule has 1 atom stereocenters. The summed E-state index contributed by atoms with van der Waals surface area (Å²) < 4.78 is 0. The molecular formula is C13H25N3O4. The summed E-state index contributed by atoms with van der Waals surface area (Å²) in [5.74, 6) is -1.14. The molecule has 4 N–H and O–H groups in total. The maximum absolute atomic E-state index is 11.8.